The van der Waals surface area contributed by atoms with Gasteiger partial charge in [0.05, 0.1) is 5.56 Å². The van der Waals surface area contributed by atoms with Gasteiger partial charge in [0.2, 0.25) is 0 Å². The van der Waals surface area contributed by atoms with Crippen molar-refractivity contribution in [3.05, 3.63) is 34.9 Å². The van der Waals surface area contributed by atoms with Crippen LogP contribution in [0.25, 0.3) is 0 Å². The molecule has 2 N–H and O–H groups in total. The van der Waals surface area contributed by atoms with Gasteiger partial charge in [-0.2, -0.15) is 0 Å². The Kier molecular flexibility index (Phi) is 4.99. The highest BCUT2D eigenvalue weighted by molar-refractivity contribution is 5.89. The fraction of sp³-hybridized carbons (Fsp3) is 0.462. The van der Waals surface area contributed by atoms with Gasteiger partial charge in [-0.15, -0.1) is 0 Å². The quantitative estimate of drug-likeness (QED) is 0.773. The van der Waals surface area contributed by atoms with Gasteiger partial charge < -0.3 is 10.4 Å². The number of nitrogens with one attached hydrogen (secondary N) is 1. The van der Waals surface area contributed by atoms with Crippen molar-refractivity contribution in [3.63, 3.8) is 0 Å². The van der Waals surface area contributed by atoms with Crippen LogP contribution in [0.2, 0.25) is 0 Å². The Morgan fingerprint density at radius 2 is 2.12 bits per heavy atom. The topological polar surface area (TPSA) is 49.3 Å². The summed E-state index contributed by atoms with van der Waals surface area (Å²) in [7, 11) is 1.90. The highest BCUT2D eigenvalue weighted by Gasteiger charge is 2.12. The number of rotatable bonds is 6. The average molecular weight is 221 g/mol. The molecule has 1 aromatic carbocycles. The number of aromatic carboxylic acids is 1. The van der Waals surface area contributed by atoms with Crippen LogP contribution in [0.1, 0.15) is 34.8 Å². The maximum atomic E-state index is 11.1. The monoisotopic (exact) mass is 221 g/mol. The van der Waals surface area contributed by atoms with E-state index in [4.69, 9.17) is 5.11 Å². The number of carboxylic acids is 1. The molecule has 0 atom stereocenters. The molecule has 0 aliphatic rings. The molecule has 88 valence electrons. The summed E-state index contributed by atoms with van der Waals surface area (Å²) in [6.07, 6.45) is 2.69. The van der Waals surface area contributed by atoms with Gasteiger partial charge in [0, 0.05) is 0 Å². The molecule has 0 spiro atoms. The molecule has 0 aromatic heterocycles. The summed E-state index contributed by atoms with van der Waals surface area (Å²) in [4.78, 5) is 11.1. The van der Waals surface area contributed by atoms with Crippen molar-refractivity contribution in [1.82, 2.24) is 5.32 Å². The molecule has 1 aromatic rings. The lowest BCUT2D eigenvalue weighted by atomic mass is 9.95. The van der Waals surface area contributed by atoms with Gasteiger partial charge >= 0.3 is 5.97 Å². The first kappa shape index (κ1) is 12.7. The minimum Gasteiger partial charge on any atom is -0.478 e. The van der Waals surface area contributed by atoms with Crippen molar-refractivity contribution in [3.8, 4) is 0 Å². The molecule has 3 nitrogen and oxygen atoms in total. The summed E-state index contributed by atoms with van der Waals surface area (Å²) >= 11 is 0. The second-order valence-corrected chi connectivity index (χ2v) is 3.85. The minimum atomic E-state index is -0.824. The van der Waals surface area contributed by atoms with Crippen LogP contribution in [0.4, 0.5) is 0 Å². The van der Waals surface area contributed by atoms with Crippen molar-refractivity contribution in [2.75, 3.05) is 13.6 Å². The van der Waals surface area contributed by atoms with Crippen LogP contribution in [-0.2, 0) is 12.8 Å². The molecule has 1 rings (SSSR count). The van der Waals surface area contributed by atoms with E-state index < -0.39 is 5.97 Å². The lowest BCUT2D eigenvalue weighted by Crippen LogP contribution is -2.13. The van der Waals surface area contributed by atoms with E-state index in [9.17, 15) is 4.79 Å². The van der Waals surface area contributed by atoms with Crippen molar-refractivity contribution in [2.24, 2.45) is 0 Å². The van der Waals surface area contributed by atoms with Crippen LogP contribution in [0.15, 0.2) is 18.2 Å². The Bertz CT molecular complexity index is 361. The highest BCUT2D eigenvalue weighted by atomic mass is 16.4. The second-order valence-electron chi connectivity index (χ2n) is 3.85. The van der Waals surface area contributed by atoms with Crippen molar-refractivity contribution in [2.45, 2.75) is 26.2 Å². The first-order chi connectivity index (χ1) is 7.70. The predicted molar refractivity (Wildman–Crippen MR) is 65.0 cm³/mol. The fourth-order valence-corrected chi connectivity index (χ4v) is 1.87. The molecule has 0 aliphatic carbocycles. The summed E-state index contributed by atoms with van der Waals surface area (Å²) in [5.41, 5.74) is 2.60. The van der Waals surface area contributed by atoms with E-state index in [-0.39, 0.29) is 0 Å². The zero-order chi connectivity index (χ0) is 12.0. The number of hydrogen-bond donors (Lipinski definition) is 2. The Hall–Kier alpha value is -1.35. The van der Waals surface area contributed by atoms with E-state index >= 15 is 0 Å². The second kappa shape index (κ2) is 6.28. The molecule has 0 bridgehead atoms. The molecule has 0 amide bonds. The highest BCUT2D eigenvalue weighted by Crippen LogP contribution is 2.17. The minimum absolute atomic E-state index is 0.454. The fourth-order valence-electron chi connectivity index (χ4n) is 1.87. The smallest absolute Gasteiger partial charge is 0.335 e. The van der Waals surface area contributed by atoms with E-state index in [1.807, 2.05) is 19.2 Å². The Morgan fingerprint density at radius 1 is 1.38 bits per heavy atom. The van der Waals surface area contributed by atoms with Crippen LogP contribution in [-0.4, -0.2) is 24.7 Å². The van der Waals surface area contributed by atoms with Crippen LogP contribution in [0.3, 0.4) is 0 Å². The zero-order valence-corrected chi connectivity index (χ0v) is 9.92. The Labute approximate surface area is 96.5 Å². The Balaban J connectivity index is 3.05. The molecular weight excluding hydrogens is 202 g/mol. The van der Waals surface area contributed by atoms with Gasteiger partial charge in [-0.1, -0.05) is 25.5 Å². The molecule has 16 heavy (non-hydrogen) atoms. The van der Waals surface area contributed by atoms with E-state index in [0.29, 0.717) is 5.56 Å². The molecule has 0 fully saturated rings. The van der Waals surface area contributed by atoms with Crippen molar-refractivity contribution in [1.29, 1.82) is 0 Å². The lowest BCUT2D eigenvalue weighted by molar-refractivity contribution is 0.0695. The molecule has 3 heteroatoms. The third-order valence-corrected chi connectivity index (χ3v) is 2.65. The van der Waals surface area contributed by atoms with Crippen LogP contribution < -0.4 is 5.32 Å². The summed E-state index contributed by atoms with van der Waals surface area (Å²) < 4.78 is 0. The van der Waals surface area contributed by atoms with Gasteiger partial charge in [-0.3, -0.25) is 0 Å². The number of carbonyl (C=O) groups is 1. The molecule has 0 unspecified atom stereocenters. The Morgan fingerprint density at radius 3 is 2.69 bits per heavy atom. The maximum absolute atomic E-state index is 11.1. The molecule has 0 saturated heterocycles. The predicted octanol–water partition coefficient (Wildman–Crippen LogP) is 2.10. The summed E-state index contributed by atoms with van der Waals surface area (Å²) in [5, 5.41) is 12.2. The lowest BCUT2D eigenvalue weighted by Gasteiger charge is -2.11. The first-order valence-corrected chi connectivity index (χ1v) is 5.69. The van der Waals surface area contributed by atoms with Gasteiger partial charge in [-0.05, 0) is 43.6 Å². The van der Waals surface area contributed by atoms with Crippen molar-refractivity contribution < 1.29 is 9.90 Å². The number of likely N-dealkylation sites (N-methyl/N-ethyl adjacent to an activating group) is 1. The normalized spacial score (nSPS) is 10.4. The third kappa shape index (κ3) is 3.07. The summed E-state index contributed by atoms with van der Waals surface area (Å²) in [6.45, 7) is 2.94. The molecule has 0 heterocycles. The number of hydrogen-bond acceptors (Lipinski definition) is 2. The molecule has 0 radical (unpaired) electrons. The van der Waals surface area contributed by atoms with Gasteiger partial charge in [0.1, 0.15) is 0 Å². The van der Waals surface area contributed by atoms with E-state index in [2.05, 4.69) is 12.2 Å². The van der Waals surface area contributed by atoms with Gasteiger partial charge in [0.15, 0.2) is 0 Å². The molecular formula is C13H19NO2. The third-order valence-electron chi connectivity index (χ3n) is 2.65. The van der Waals surface area contributed by atoms with Crippen molar-refractivity contribution >= 4 is 5.97 Å². The van der Waals surface area contributed by atoms with Crippen LogP contribution in [0.5, 0.6) is 0 Å². The maximum Gasteiger partial charge on any atom is 0.335 e. The van der Waals surface area contributed by atoms with E-state index in [1.54, 1.807) is 6.07 Å². The van der Waals surface area contributed by atoms with E-state index in [1.165, 1.54) is 0 Å². The molecule has 0 saturated carbocycles. The van der Waals surface area contributed by atoms with Crippen LogP contribution in [0, 0.1) is 0 Å². The summed E-state index contributed by atoms with van der Waals surface area (Å²) in [6, 6.07) is 5.54. The van der Waals surface area contributed by atoms with Crippen LogP contribution >= 0.6 is 0 Å². The SMILES string of the molecule is CCCc1c(CCNC)cccc1C(=O)O. The standard InChI is InChI=1S/C13H19NO2/c1-3-5-11-10(8-9-14-2)6-4-7-12(11)13(15)16/h4,6-7,14H,3,5,8-9H2,1-2H3,(H,15,16). The first-order valence-electron chi connectivity index (χ1n) is 5.69. The average Bonchev–Trinajstić information content (AvgIpc) is 2.27. The van der Waals surface area contributed by atoms with Gasteiger partial charge in [0.25, 0.3) is 0 Å². The summed E-state index contributed by atoms with van der Waals surface area (Å²) in [5.74, 6) is -0.824. The van der Waals surface area contributed by atoms with E-state index in [0.717, 1.165) is 36.9 Å². The van der Waals surface area contributed by atoms with Gasteiger partial charge in [-0.25, -0.2) is 4.79 Å². The number of benzene rings is 1. The zero-order valence-electron chi connectivity index (χ0n) is 9.92. The number of carboxylic acid groups (broad SMARTS) is 1. The molecule has 0 aliphatic heterocycles. The largest absolute Gasteiger partial charge is 0.478 e.